The van der Waals surface area contributed by atoms with Crippen LogP contribution in [0, 0.1) is 0 Å². The van der Waals surface area contributed by atoms with Gasteiger partial charge in [-0.05, 0) is 35.9 Å². The maximum absolute atomic E-state index is 12.2. The van der Waals surface area contributed by atoms with Crippen LogP contribution in [0.5, 0.6) is 0 Å². The summed E-state index contributed by atoms with van der Waals surface area (Å²) in [7, 11) is -1.97. The highest BCUT2D eigenvalue weighted by atomic mass is 32.2. The van der Waals surface area contributed by atoms with E-state index in [-0.39, 0.29) is 17.2 Å². The van der Waals surface area contributed by atoms with Crippen LogP contribution in [0.1, 0.15) is 5.56 Å². The molecule has 2 heterocycles. The molecule has 0 saturated carbocycles. The largest absolute Gasteiger partial charge is 0.315 e. The van der Waals surface area contributed by atoms with E-state index >= 15 is 0 Å². The van der Waals surface area contributed by atoms with Gasteiger partial charge in [0, 0.05) is 30.8 Å². The number of sulfonamides is 1. The van der Waals surface area contributed by atoms with Crippen molar-refractivity contribution in [3.63, 3.8) is 0 Å². The molecular formula is C14H13N3O3S. The van der Waals surface area contributed by atoms with Crippen molar-refractivity contribution in [2.45, 2.75) is 11.3 Å². The zero-order valence-electron chi connectivity index (χ0n) is 11.3. The number of likely N-dealkylation sites (N-methyl/N-ethyl adjacent to an activating group) is 1. The normalized spacial score (nSPS) is 14.1. The number of anilines is 2. The van der Waals surface area contributed by atoms with Crippen molar-refractivity contribution in [3.8, 4) is 0 Å². The fourth-order valence-electron chi connectivity index (χ4n) is 2.25. The third-order valence-electron chi connectivity index (χ3n) is 3.35. The molecule has 1 aliphatic heterocycles. The Kier molecular flexibility index (Phi) is 3.13. The van der Waals surface area contributed by atoms with Crippen LogP contribution in [-0.2, 0) is 21.2 Å². The molecule has 0 unspecified atom stereocenters. The zero-order chi connectivity index (χ0) is 15.0. The van der Waals surface area contributed by atoms with Gasteiger partial charge in [0.2, 0.25) is 5.91 Å². The van der Waals surface area contributed by atoms with Crippen molar-refractivity contribution < 1.29 is 13.2 Å². The second-order valence-electron chi connectivity index (χ2n) is 4.77. The number of hydrogen-bond donors (Lipinski definition) is 1. The first kappa shape index (κ1) is 13.6. The monoisotopic (exact) mass is 303 g/mol. The Hall–Kier alpha value is -2.41. The third-order valence-corrected chi connectivity index (χ3v) is 4.72. The van der Waals surface area contributed by atoms with Crippen molar-refractivity contribution in [3.05, 3.63) is 48.3 Å². The lowest BCUT2D eigenvalue weighted by molar-refractivity contribution is -0.117. The first-order valence-corrected chi connectivity index (χ1v) is 7.78. The zero-order valence-corrected chi connectivity index (χ0v) is 12.1. The molecule has 1 N–H and O–H groups in total. The molecule has 0 fully saturated rings. The van der Waals surface area contributed by atoms with Crippen molar-refractivity contribution in [2.24, 2.45) is 0 Å². The lowest BCUT2D eigenvalue weighted by atomic mass is 10.1. The molecule has 1 amide bonds. The van der Waals surface area contributed by atoms with E-state index in [4.69, 9.17) is 0 Å². The molecule has 0 aliphatic carbocycles. The van der Waals surface area contributed by atoms with Crippen molar-refractivity contribution >= 4 is 27.3 Å². The first-order valence-electron chi connectivity index (χ1n) is 6.30. The van der Waals surface area contributed by atoms with E-state index in [1.807, 2.05) is 0 Å². The number of carbonyl (C=O) groups is 1. The Morgan fingerprint density at radius 3 is 2.81 bits per heavy atom. The van der Waals surface area contributed by atoms with Crippen LogP contribution in [-0.4, -0.2) is 26.4 Å². The lowest BCUT2D eigenvalue weighted by Gasteiger charge is -2.12. The number of benzene rings is 1. The van der Waals surface area contributed by atoms with Crippen LogP contribution in [0.25, 0.3) is 0 Å². The first-order chi connectivity index (χ1) is 9.97. The summed E-state index contributed by atoms with van der Waals surface area (Å²) < 4.78 is 26.9. The molecule has 7 heteroatoms. The highest BCUT2D eigenvalue weighted by Gasteiger charge is 2.24. The van der Waals surface area contributed by atoms with E-state index in [1.54, 1.807) is 36.2 Å². The second kappa shape index (κ2) is 4.85. The Morgan fingerprint density at radius 2 is 2.10 bits per heavy atom. The second-order valence-corrected chi connectivity index (χ2v) is 6.45. The summed E-state index contributed by atoms with van der Waals surface area (Å²) in [6.45, 7) is 0. The molecule has 2 aromatic rings. The molecule has 0 radical (unpaired) electrons. The van der Waals surface area contributed by atoms with Gasteiger partial charge in [0.25, 0.3) is 10.0 Å². The summed E-state index contributed by atoms with van der Waals surface area (Å²) in [4.78, 5) is 17.1. The van der Waals surface area contributed by atoms with E-state index in [0.29, 0.717) is 5.69 Å². The summed E-state index contributed by atoms with van der Waals surface area (Å²) in [5.41, 5.74) is 2.05. The van der Waals surface area contributed by atoms with Gasteiger partial charge in [0.1, 0.15) is 4.90 Å². The van der Waals surface area contributed by atoms with Crippen LogP contribution in [0.4, 0.5) is 11.4 Å². The Balaban J connectivity index is 1.91. The molecule has 3 rings (SSSR count). The van der Waals surface area contributed by atoms with E-state index < -0.39 is 10.0 Å². The molecule has 0 bridgehead atoms. The molecule has 21 heavy (non-hydrogen) atoms. The molecule has 0 saturated heterocycles. The van der Waals surface area contributed by atoms with Gasteiger partial charge in [-0.1, -0.05) is 0 Å². The van der Waals surface area contributed by atoms with Crippen molar-refractivity contribution in [2.75, 3.05) is 16.7 Å². The van der Waals surface area contributed by atoms with Gasteiger partial charge in [-0.2, -0.15) is 0 Å². The van der Waals surface area contributed by atoms with Crippen molar-refractivity contribution in [1.82, 2.24) is 4.98 Å². The minimum atomic E-state index is -3.67. The summed E-state index contributed by atoms with van der Waals surface area (Å²) in [5, 5.41) is 0. The van der Waals surface area contributed by atoms with Crippen LogP contribution < -0.4 is 9.62 Å². The summed E-state index contributed by atoms with van der Waals surface area (Å²) >= 11 is 0. The smallest absolute Gasteiger partial charge is 0.263 e. The number of hydrogen-bond acceptors (Lipinski definition) is 4. The quantitative estimate of drug-likeness (QED) is 0.929. The number of carbonyl (C=O) groups excluding carboxylic acids is 1. The third kappa shape index (κ3) is 2.47. The number of amides is 1. The van der Waals surface area contributed by atoms with E-state index in [9.17, 15) is 13.2 Å². The average Bonchev–Trinajstić information content (AvgIpc) is 2.74. The summed E-state index contributed by atoms with van der Waals surface area (Å²) in [6, 6.07) is 8.10. The number of nitrogens with zero attached hydrogens (tertiary/aromatic N) is 2. The topological polar surface area (TPSA) is 79.4 Å². The summed E-state index contributed by atoms with van der Waals surface area (Å²) in [5.74, 6) is -0.00253. The molecule has 1 aromatic carbocycles. The fourth-order valence-corrected chi connectivity index (χ4v) is 3.27. The van der Waals surface area contributed by atoms with E-state index in [1.165, 1.54) is 18.5 Å². The van der Waals surface area contributed by atoms with E-state index in [0.717, 1.165) is 11.3 Å². The Bertz CT molecular complexity index is 803. The standard InChI is InChI=1S/C14H13N3O3S/c1-17-13-5-4-11(7-10(13)8-14(17)18)16-21(19,20)12-3-2-6-15-9-12/h2-7,9,16H,8H2,1H3. The fraction of sp³-hybridized carbons (Fsp3) is 0.143. The van der Waals surface area contributed by atoms with Crippen LogP contribution >= 0.6 is 0 Å². The number of fused-ring (bicyclic) bond motifs is 1. The van der Waals surface area contributed by atoms with Gasteiger partial charge < -0.3 is 4.90 Å². The molecule has 6 nitrogen and oxygen atoms in total. The lowest BCUT2D eigenvalue weighted by Crippen LogP contribution is -2.20. The van der Waals surface area contributed by atoms with Gasteiger partial charge in [-0.25, -0.2) is 8.42 Å². The maximum atomic E-state index is 12.2. The minimum Gasteiger partial charge on any atom is -0.315 e. The highest BCUT2D eigenvalue weighted by Crippen LogP contribution is 2.30. The number of aromatic nitrogens is 1. The maximum Gasteiger partial charge on any atom is 0.263 e. The predicted molar refractivity (Wildman–Crippen MR) is 78.6 cm³/mol. The van der Waals surface area contributed by atoms with Crippen LogP contribution in [0.15, 0.2) is 47.6 Å². The van der Waals surface area contributed by atoms with E-state index in [2.05, 4.69) is 9.71 Å². The van der Waals surface area contributed by atoms with Gasteiger partial charge >= 0.3 is 0 Å². The predicted octanol–water partition coefficient (Wildman–Crippen LogP) is 1.40. The minimum absolute atomic E-state index is 0.00253. The Labute approximate surface area is 122 Å². The number of pyridine rings is 1. The molecule has 108 valence electrons. The SMILES string of the molecule is CN1C(=O)Cc2cc(NS(=O)(=O)c3cccnc3)ccc21. The number of rotatable bonds is 3. The summed E-state index contributed by atoms with van der Waals surface area (Å²) in [6.07, 6.45) is 3.08. The van der Waals surface area contributed by atoms with Gasteiger partial charge in [0.15, 0.2) is 0 Å². The van der Waals surface area contributed by atoms with Gasteiger partial charge in [-0.15, -0.1) is 0 Å². The van der Waals surface area contributed by atoms with Gasteiger partial charge in [0.05, 0.1) is 6.42 Å². The average molecular weight is 303 g/mol. The van der Waals surface area contributed by atoms with Crippen molar-refractivity contribution in [1.29, 1.82) is 0 Å². The number of nitrogens with one attached hydrogen (secondary N) is 1. The van der Waals surface area contributed by atoms with Crippen LogP contribution in [0.2, 0.25) is 0 Å². The van der Waals surface area contributed by atoms with Crippen LogP contribution in [0.3, 0.4) is 0 Å². The molecule has 1 aromatic heterocycles. The molecule has 0 spiro atoms. The Morgan fingerprint density at radius 1 is 1.29 bits per heavy atom. The highest BCUT2D eigenvalue weighted by molar-refractivity contribution is 7.92. The molecular weight excluding hydrogens is 290 g/mol. The molecule has 1 aliphatic rings. The van der Waals surface area contributed by atoms with Gasteiger partial charge in [-0.3, -0.25) is 14.5 Å². The molecule has 0 atom stereocenters.